The molecule has 2 unspecified atom stereocenters. The minimum Gasteiger partial charge on any atom is -0.460 e. The number of rotatable bonds is 16. The molecule has 0 aliphatic heterocycles. The molecule has 1 saturated carbocycles. The number of aliphatic hydroxyl groups excluding tert-OH is 1. The number of ketones is 2. The number of ether oxygens (including phenoxy) is 1. The van der Waals surface area contributed by atoms with Crippen molar-refractivity contribution in [2.75, 3.05) is 0 Å². The number of carbonyl (C=O) groups excluding carboxylic acids is 4. The Morgan fingerprint density at radius 3 is 2.11 bits per heavy atom. The summed E-state index contributed by atoms with van der Waals surface area (Å²) in [6, 6.07) is 0.462. The lowest BCUT2D eigenvalue weighted by Crippen LogP contribution is -2.66. The van der Waals surface area contributed by atoms with Gasteiger partial charge in [0.2, 0.25) is 5.91 Å². The lowest BCUT2D eigenvalue weighted by molar-refractivity contribution is -0.182. The molecular weight excluding hydrogens is 586 g/mol. The summed E-state index contributed by atoms with van der Waals surface area (Å²) in [5, 5.41) is 14.8. The van der Waals surface area contributed by atoms with Crippen LogP contribution in [-0.4, -0.2) is 63.4 Å². The zero-order valence-electron chi connectivity index (χ0n) is 29.1. The Labute approximate surface area is 275 Å². The molecule has 46 heavy (non-hydrogen) atoms. The number of esters is 1. The SMILES string of the molecule is CC[C@H](C)[C@H](N)C(=O)C(NC(=O)[C@@](C(=O)[C@H](C)N)(C(C)C)C(C(=O)OC(C)(C)C)[C@H](O)[C@@H](N)CC1CCCCC1)c1ccccn1. The molecule has 0 saturated heterocycles. The molecule has 1 fully saturated rings. The second kappa shape index (κ2) is 16.9. The Bertz CT molecular complexity index is 1160. The van der Waals surface area contributed by atoms with Gasteiger partial charge in [-0.3, -0.25) is 24.2 Å². The molecule has 0 spiro atoms. The third-order valence-electron chi connectivity index (χ3n) is 9.50. The predicted molar refractivity (Wildman–Crippen MR) is 178 cm³/mol. The molecule has 0 aromatic carbocycles. The average molecular weight is 646 g/mol. The molecule has 0 bridgehead atoms. The summed E-state index contributed by atoms with van der Waals surface area (Å²) >= 11 is 0. The molecule has 8 N–H and O–H groups in total. The molecule has 0 radical (unpaired) electrons. The van der Waals surface area contributed by atoms with Gasteiger partial charge in [-0.25, -0.2) is 0 Å². The monoisotopic (exact) mass is 645 g/mol. The third-order valence-corrected chi connectivity index (χ3v) is 9.50. The Morgan fingerprint density at radius 2 is 1.63 bits per heavy atom. The maximum absolute atomic E-state index is 14.9. The average Bonchev–Trinajstić information content (AvgIpc) is 3.00. The van der Waals surface area contributed by atoms with Crippen molar-refractivity contribution in [2.24, 2.45) is 46.3 Å². The van der Waals surface area contributed by atoms with Crippen LogP contribution in [0.25, 0.3) is 0 Å². The Hall–Kier alpha value is -2.73. The number of nitrogens with one attached hydrogen (secondary N) is 1. The summed E-state index contributed by atoms with van der Waals surface area (Å²) < 4.78 is 5.79. The number of nitrogens with two attached hydrogens (primary N) is 3. The van der Waals surface area contributed by atoms with Crippen LogP contribution in [0.1, 0.15) is 112 Å². The summed E-state index contributed by atoms with van der Waals surface area (Å²) in [6.07, 6.45) is 5.97. The fourth-order valence-corrected chi connectivity index (χ4v) is 6.66. The molecule has 1 aliphatic carbocycles. The van der Waals surface area contributed by atoms with Crippen molar-refractivity contribution in [1.82, 2.24) is 10.3 Å². The van der Waals surface area contributed by atoms with E-state index in [-0.39, 0.29) is 17.5 Å². The maximum Gasteiger partial charge on any atom is 0.313 e. The first-order valence-corrected chi connectivity index (χ1v) is 16.9. The van der Waals surface area contributed by atoms with Gasteiger partial charge < -0.3 is 32.4 Å². The van der Waals surface area contributed by atoms with E-state index in [4.69, 9.17) is 21.9 Å². The summed E-state index contributed by atoms with van der Waals surface area (Å²) in [5.41, 5.74) is 16.1. The zero-order valence-corrected chi connectivity index (χ0v) is 29.1. The first-order chi connectivity index (χ1) is 21.4. The van der Waals surface area contributed by atoms with E-state index in [9.17, 15) is 24.3 Å². The molecule has 1 heterocycles. The van der Waals surface area contributed by atoms with Crippen LogP contribution in [0.5, 0.6) is 0 Å². The molecular formula is C35H59N5O6. The number of hydrogen-bond donors (Lipinski definition) is 5. The van der Waals surface area contributed by atoms with Crippen LogP contribution in [0, 0.1) is 29.1 Å². The summed E-state index contributed by atoms with van der Waals surface area (Å²) in [4.78, 5) is 61.6. The summed E-state index contributed by atoms with van der Waals surface area (Å²) in [5.74, 6) is -5.79. The number of Topliss-reactive ketones (excluding diaryl/α,β-unsaturated/α-hetero) is 2. The standard InChI is InChI=1S/C35H59N5O6/c1-9-21(4)27(38)30(42)28(25-17-13-14-18-39-25)40-33(45)35(20(2)3,31(43)22(5)36)26(32(44)46-34(6,7)8)29(41)24(37)19-23-15-11-10-12-16-23/h13-14,17-18,20-24,26-29,41H,9-12,15-16,19,36-38H2,1-8H3,(H,40,45)/t21-,22-,24-,26?,27-,28?,29+,35-/m0/s1. The van der Waals surface area contributed by atoms with Gasteiger partial charge >= 0.3 is 5.97 Å². The number of nitrogens with zero attached hydrogens (tertiary/aromatic N) is 1. The minimum absolute atomic E-state index is 0.217. The number of aromatic nitrogens is 1. The van der Waals surface area contributed by atoms with E-state index in [0.717, 1.165) is 32.1 Å². The van der Waals surface area contributed by atoms with Crippen molar-refractivity contribution >= 4 is 23.4 Å². The second-order valence-electron chi connectivity index (χ2n) is 14.6. The highest BCUT2D eigenvalue weighted by atomic mass is 16.6. The van der Waals surface area contributed by atoms with Crippen molar-refractivity contribution in [3.8, 4) is 0 Å². The zero-order chi connectivity index (χ0) is 35.0. The highest BCUT2D eigenvalue weighted by Gasteiger charge is 2.62. The molecule has 2 rings (SSSR count). The van der Waals surface area contributed by atoms with Gasteiger partial charge in [-0.05, 0) is 64.0 Å². The van der Waals surface area contributed by atoms with Gasteiger partial charge in [0.05, 0.1) is 23.9 Å². The molecule has 11 heteroatoms. The fraction of sp³-hybridized carbons (Fsp3) is 0.743. The fourth-order valence-electron chi connectivity index (χ4n) is 6.66. The Morgan fingerprint density at radius 1 is 1.02 bits per heavy atom. The molecule has 1 aromatic rings. The van der Waals surface area contributed by atoms with Gasteiger partial charge in [0, 0.05) is 12.2 Å². The van der Waals surface area contributed by atoms with Crippen molar-refractivity contribution in [3.05, 3.63) is 30.1 Å². The third kappa shape index (κ3) is 9.42. The minimum atomic E-state index is -2.27. The predicted octanol–water partition coefficient (Wildman–Crippen LogP) is 3.36. The number of pyridine rings is 1. The van der Waals surface area contributed by atoms with Crippen LogP contribution < -0.4 is 22.5 Å². The van der Waals surface area contributed by atoms with E-state index in [0.29, 0.717) is 12.8 Å². The van der Waals surface area contributed by atoms with Crippen LogP contribution in [0.4, 0.5) is 0 Å². The Balaban J connectivity index is 2.78. The van der Waals surface area contributed by atoms with E-state index < -0.39 is 76.6 Å². The van der Waals surface area contributed by atoms with Gasteiger partial charge in [0.25, 0.3) is 0 Å². The van der Waals surface area contributed by atoms with Gasteiger partial charge in [0.15, 0.2) is 11.6 Å². The van der Waals surface area contributed by atoms with Crippen LogP contribution in [0.2, 0.25) is 0 Å². The molecule has 8 atom stereocenters. The van der Waals surface area contributed by atoms with Gasteiger partial charge in [-0.1, -0.05) is 72.3 Å². The number of amides is 1. The van der Waals surface area contributed by atoms with Crippen LogP contribution in [-0.2, 0) is 23.9 Å². The topological polar surface area (TPSA) is 201 Å². The van der Waals surface area contributed by atoms with E-state index >= 15 is 0 Å². The number of carbonyl (C=O) groups is 4. The van der Waals surface area contributed by atoms with E-state index in [1.165, 1.54) is 13.1 Å². The highest BCUT2D eigenvalue weighted by molar-refractivity contribution is 6.12. The van der Waals surface area contributed by atoms with Gasteiger partial charge in [0.1, 0.15) is 23.0 Å². The number of aliphatic hydroxyl groups is 1. The first-order valence-electron chi connectivity index (χ1n) is 16.9. The molecule has 1 aliphatic rings. The second-order valence-corrected chi connectivity index (χ2v) is 14.6. The molecule has 11 nitrogen and oxygen atoms in total. The first kappa shape index (κ1) is 39.4. The Kier molecular flexibility index (Phi) is 14.5. The van der Waals surface area contributed by atoms with E-state index in [2.05, 4.69) is 10.3 Å². The van der Waals surface area contributed by atoms with Crippen LogP contribution in [0.3, 0.4) is 0 Å². The quantitative estimate of drug-likeness (QED) is 0.131. The van der Waals surface area contributed by atoms with Gasteiger partial charge in [-0.2, -0.15) is 0 Å². The van der Waals surface area contributed by atoms with Crippen LogP contribution in [0.15, 0.2) is 24.4 Å². The largest absolute Gasteiger partial charge is 0.460 e. The van der Waals surface area contributed by atoms with Crippen molar-refractivity contribution in [2.45, 2.75) is 136 Å². The summed E-state index contributed by atoms with van der Waals surface area (Å²) in [7, 11) is 0. The summed E-state index contributed by atoms with van der Waals surface area (Å²) in [6.45, 7) is 13.4. The number of hydrogen-bond acceptors (Lipinski definition) is 10. The highest BCUT2D eigenvalue weighted by Crippen LogP contribution is 2.44. The van der Waals surface area contributed by atoms with Crippen molar-refractivity contribution < 1.29 is 29.0 Å². The lowest BCUT2D eigenvalue weighted by atomic mass is 9.59. The van der Waals surface area contributed by atoms with Crippen molar-refractivity contribution in [3.63, 3.8) is 0 Å². The lowest BCUT2D eigenvalue weighted by Gasteiger charge is -2.45. The van der Waals surface area contributed by atoms with Gasteiger partial charge in [-0.15, -0.1) is 0 Å². The van der Waals surface area contributed by atoms with E-state index in [1.54, 1.807) is 52.8 Å². The molecule has 1 amide bonds. The molecule has 260 valence electrons. The normalized spacial score (nSPS) is 20.4. The van der Waals surface area contributed by atoms with Crippen molar-refractivity contribution in [1.29, 1.82) is 0 Å². The molecule has 1 aromatic heterocycles. The maximum atomic E-state index is 14.9. The van der Waals surface area contributed by atoms with Crippen LogP contribution >= 0.6 is 0 Å². The van der Waals surface area contributed by atoms with E-state index in [1.807, 2.05) is 13.8 Å². The smallest absolute Gasteiger partial charge is 0.313 e.